The molecule has 2 heterocycles. The van der Waals surface area contributed by atoms with Crippen molar-refractivity contribution < 1.29 is 0 Å². The standard InChI is InChI=1S/C12H19N3S/c1-10-4-3-5-15(7-10)8-11-9-16-12(14-11)6-13-2/h4,9,13H,3,5-8H2,1-2H3. The van der Waals surface area contributed by atoms with Gasteiger partial charge < -0.3 is 5.32 Å². The molecule has 1 aromatic heterocycles. The first-order valence-electron chi connectivity index (χ1n) is 5.74. The molecule has 0 radical (unpaired) electrons. The second kappa shape index (κ2) is 5.57. The van der Waals surface area contributed by atoms with E-state index in [2.05, 4.69) is 33.6 Å². The zero-order valence-corrected chi connectivity index (χ0v) is 10.8. The molecule has 0 unspecified atom stereocenters. The van der Waals surface area contributed by atoms with Gasteiger partial charge in [0.25, 0.3) is 0 Å². The number of hydrogen-bond acceptors (Lipinski definition) is 4. The highest BCUT2D eigenvalue weighted by Gasteiger charge is 2.11. The minimum Gasteiger partial charge on any atom is -0.314 e. The van der Waals surface area contributed by atoms with Gasteiger partial charge in [-0.15, -0.1) is 11.3 Å². The van der Waals surface area contributed by atoms with E-state index in [0.717, 1.165) is 26.2 Å². The summed E-state index contributed by atoms with van der Waals surface area (Å²) in [5.41, 5.74) is 2.70. The summed E-state index contributed by atoms with van der Waals surface area (Å²) in [6.45, 7) is 6.34. The molecule has 1 aromatic rings. The van der Waals surface area contributed by atoms with Crippen LogP contribution in [0.2, 0.25) is 0 Å². The molecule has 0 atom stereocenters. The van der Waals surface area contributed by atoms with Crippen LogP contribution in [0.3, 0.4) is 0 Å². The van der Waals surface area contributed by atoms with Gasteiger partial charge in [0.15, 0.2) is 0 Å². The van der Waals surface area contributed by atoms with E-state index in [1.165, 1.54) is 22.7 Å². The summed E-state index contributed by atoms with van der Waals surface area (Å²) in [5, 5.41) is 6.50. The predicted molar refractivity (Wildman–Crippen MR) is 68.5 cm³/mol. The monoisotopic (exact) mass is 237 g/mol. The van der Waals surface area contributed by atoms with Crippen LogP contribution in [-0.2, 0) is 13.1 Å². The van der Waals surface area contributed by atoms with Crippen LogP contribution in [0.1, 0.15) is 24.0 Å². The Bertz CT molecular complexity index is 370. The lowest BCUT2D eigenvalue weighted by Crippen LogP contribution is -2.28. The lowest BCUT2D eigenvalue weighted by Gasteiger charge is -2.24. The first kappa shape index (κ1) is 11.8. The number of hydrogen-bond donors (Lipinski definition) is 1. The molecule has 0 fully saturated rings. The third kappa shape index (κ3) is 3.14. The average Bonchev–Trinajstić information content (AvgIpc) is 2.66. The van der Waals surface area contributed by atoms with E-state index >= 15 is 0 Å². The highest BCUT2D eigenvalue weighted by molar-refractivity contribution is 7.09. The molecule has 0 bridgehead atoms. The molecule has 0 saturated heterocycles. The van der Waals surface area contributed by atoms with Crippen LogP contribution in [0, 0.1) is 0 Å². The molecular formula is C12H19N3S. The van der Waals surface area contributed by atoms with Gasteiger partial charge in [-0.2, -0.15) is 0 Å². The summed E-state index contributed by atoms with van der Waals surface area (Å²) >= 11 is 1.75. The topological polar surface area (TPSA) is 28.2 Å². The van der Waals surface area contributed by atoms with Crippen molar-refractivity contribution in [1.82, 2.24) is 15.2 Å². The molecule has 88 valence electrons. The number of nitrogens with one attached hydrogen (secondary N) is 1. The van der Waals surface area contributed by atoms with Crippen molar-refractivity contribution >= 4 is 11.3 Å². The molecule has 0 aliphatic carbocycles. The molecular weight excluding hydrogens is 218 g/mol. The summed E-state index contributed by atoms with van der Waals surface area (Å²) in [7, 11) is 1.96. The number of thiazole rings is 1. The molecule has 0 aromatic carbocycles. The van der Waals surface area contributed by atoms with Gasteiger partial charge in [0.2, 0.25) is 0 Å². The Morgan fingerprint density at radius 3 is 3.19 bits per heavy atom. The van der Waals surface area contributed by atoms with Crippen LogP contribution in [-0.4, -0.2) is 30.0 Å². The highest BCUT2D eigenvalue weighted by Crippen LogP contribution is 2.15. The first-order valence-corrected chi connectivity index (χ1v) is 6.62. The fraction of sp³-hybridized carbons (Fsp3) is 0.583. The smallest absolute Gasteiger partial charge is 0.107 e. The maximum absolute atomic E-state index is 4.61. The highest BCUT2D eigenvalue weighted by atomic mass is 32.1. The zero-order valence-electron chi connectivity index (χ0n) is 9.99. The van der Waals surface area contributed by atoms with Crippen molar-refractivity contribution in [1.29, 1.82) is 0 Å². The van der Waals surface area contributed by atoms with Gasteiger partial charge in [0, 0.05) is 31.6 Å². The van der Waals surface area contributed by atoms with Gasteiger partial charge in [-0.3, -0.25) is 4.90 Å². The normalized spacial score (nSPS) is 17.5. The largest absolute Gasteiger partial charge is 0.314 e. The van der Waals surface area contributed by atoms with Crippen molar-refractivity contribution in [3.8, 4) is 0 Å². The summed E-state index contributed by atoms with van der Waals surface area (Å²) < 4.78 is 0. The average molecular weight is 237 g/mol. The maximum Gasteiger partial charge on any atom is 0.107 e. The fourth-order valence-electron chi connectivity index (χ4n) is 2.01. The molecule has 2 rings (SSSR count). The van der Waals surface area contributed by atoms with E-state index in [1.54, 1.807) is 11.3 Å². The van der Waals surface area contributed by atoms with E-state index in [-0.39, 0.29) is 0 Å². The minimum atomic E-state index is 0.879. The maximum atomic E-state index is 4.61. The Labute approximate surface area is 101 Å². The molecule has 0 saturated carbocycles. The quantitative estimate of drug-likeness (QED) is 0.812. The predicted octanol–water partition coefficient (Wildman–Crippen LogP) is 2.01. The van der Waals surface area contributed by atoms with Crippen LogP contribution < -0.4 is 5.32 Å². The number of rotatable bonds is 4. The summed E-state index contributed by atoms with van der Waals surface area (Å²) in [4.78, 5) is 7.08. The summed E-state index contributed by atoms with van der Waals surface area (Å²) in [5.74, 6) is 0. The lowest BCUT2D eigenvalue weighted by molar-refractivity contribution is 0.279. The van der Waals surface area contributed by atoms with Crippen molar-refractivity contribution in [2.45, 2.75) is 26.4 Å². The second-order valence-electron chi connectivity index (χ2n) is 4.31. The Balaban J connectivity index is 1.91. The summed E-state index contributed by atoms with van der Waals surface area (Å²) in [6, 6.07) is 0. The van der Waals surface area contributed by atoms with E-state index in [4.69, 9.17) is 0 Å². The van der Waals surface area contributed by atoms with Crippen molar-refractivity contribution in [3.05, 3.63) is 27.7 Å². The van der Waals surface area contributed by atoms with Crippen molar-refractivity contribution in [2.75, 3.05) is 20.1 Å². The van der Waals surface area contributed by atoms with E-state index in [9.17, 15) is 0 Å². The van der Waals surface area contributed by atoms with E-state index in [0.29, 0.717) is 0 Å². The molecule has 1 N–H and O–H groups in total. The van der Waals surface area contributed by atoms with Crippen LogP contribution in [0.4, 0.5) is 0 Å². The van der Waals surface area contributed by atoms with Gasteiger partial charge in [0.05, 0.1) is 5.69 Å². The molecule has 16 heavy (non-hydrogen) atoms. The third-order valence-electron chi connectivity index (χ3n) is 2.72. The Morgan fingerprint density at radius 2 is 2.44 bits per heavy atom. The summed E-state index contributed by atoms with van der Waals surface area (Å²) in [6.07, 6.45) is 3.52. The van der Waals surface area contributed by atoms with Gasteiger partial charge in [-0.25, -0.2) is 4.98 Å². The molecule has 0 amide bonds. The Kier molecular flexibility index (Phi) is 4.09. The third-order valence-corrected chi connectivity index (χ3v) is 3.62. The number of nitrogens with zero attached hydrogens (tertiary/aromatic N) is 2. The number of aromatic nitrogens is 1. The van der Waals surface area contributed by atoms with Crippen LogP contribution >= 0.6 is 11.3 Å². The molecule has 0 spiro atoms. The Morgan fingerprint density at radius 1 is 1.56 bits per heavy atom. The molecule has 4 heteroatoms. The van der Waals surface area contributed by atoms with Gasteiger partial charge in [-0.1, -0.05) is 11.6 Å². The minimum absolute atomic E-state index is 0.879. The molecule has 1 aliphatic rings. The van der Waals surface area contributed by atoms with Gasteiger partial charge >= 0.3 is 0 Å². The zero-order chi connectivity index (χ0) is 11.4. The molecule has 3 nitrogen and oxygen atoms in total. The van der Waals surface area contributed by atoms with Crippen LogP contribution in [0.5, 0.6) is 0 Å². The first-order chi connectivity index (χ1) is 7.78. The SMILES string of the molecule is CNCc1nc(CN2CCC=C(C)C2)cs1. The van der Waals surface area contributed by atoms with Crippen LogP contribution in [0.25, 0.3) is 0 Å². The second-order valence-corrected chi connectivity index (χ2v) is 5.26. The van der Waals surface area contributed by atoms with E-state index < -0.39 is 0 Å². The fourth-order valence-corrected chi connectivity index (χ4v) is 2.80. The lowest BCUT2D eigenvalue weighted by atomic mass is 10.1. The van der Waals surface area contributed by atoms with E-state index in [1.807, 2.05) is 7.05 Å². The molecule has 1 aliphatic heterocycles. The van der Waals surface area contributed by atoms with Gasteiger partial charge in [0.1, 0.15) is 5.01 Å². The Hall–Kier alpha value is -0.710. The van der Waals surface area contributed by atoms with Crippen molar-refractivity contribution in [3.63, 3.8) is 0 Å². The van der Waals surface area contributed by atoms with Crippen molar-refractivity contribution in [2.24, 2.45) is 0 Å². The van der Waals surface area contributed by atoms with Crippen LogP contribution in [0.15, 0.2) is 17.0 Å². The van der Waals surface area contributed by atoms with Gasteiger partial charge in [-0.05, 0) is 20.4 Å².